The van der Waals surface area contributed by atoms with E-state index in [1.54, 1.807) is 24.3 Å². The van der Waals surface area contributed by atoms with E-state index >= 15 is 0 Å². The summed E-state index contributed by atoms with van der Waals surface area (Å²) in [7, 11) is 2.97. The maximum atomic E-state index is 11.2. The number of aromatic hydroxyl groups is 2. The molecule has 0 heterocycles. The van der Waals surface area contributed by atoms with E-state index in [1.807, 2.05) is 0 Å². The molecule has 0 aliphatic carbocycles. The van der Waals surface area contributed by atoms with Gasteiger partial charge >= 0.3 is 0 Å². The van der Waals surface area contributed by atoms with E-state index in [2.05, 4.69) is 6.58 Å². The van der Waals surface area contributed by atoms with E-state index < -0.39 is 5.60 Å². The highest BCUT2D eigenvalue weighted by molar-refractivity contribution is 5.53. The first kappa shape index (κ1) is 16.7. The van der Waals surface area contributed by atoms with Gasteiger partial charge in [0, 0.05) is 29.7 Å². The van der Waals surface area contributed by atoms with Gasteiger partial charge in [-0.25, -0.2) is 0 Å². The van der Waals surface area contributed by atoms with Crippen molar-refractivity contribution in [3.05, 3.63) is 60.2 Å². The van der Waals surface area contributed by atoms with Crippen molar-refractivity contribution in [3.63, 3.8) is 0 Å². The lowest BCUT2D eigenvalue weighted by atomic mass is 9.82. The second-order valence-electron chi connectivity index (χ2n) is 5.12. The lowest BCUT2D eigenvalue weighted by Gasteiger charge is -2.29. The minimum Gasteiger partial charge on any atom is -0.507 e. The molecule has 0 amide bonds. The van der Waals surface area contributed by atoms with Crippen molar-refractivity contribution >= 4 is 0 Å². The van der Waals surface area contributed by atoms with Crippen LogP contribution in [0.5, 0.6) is 23.0 Å². The first-order valence-corrected chi connectivity index (χ1v) is 7.04. The minimum atomic E-state index is -1.63. The summed E-state index contributed by atoms with van der Waals surface area (Å²) >= 11 is 0. The number of phenols is 2. The largest absolute Gasteiger partial charge is 0.507 e. The summed E-state index contributed by atoms with van der Waals surface area (Å²) in [6.07, 6.45) is 1.63. The van der Waals surface area contributed by atoms with Crippen LogP contribution in [-0.2, 0) is 5.60 Å². The Hall–Kier alpha value is -2.66. The topological polar surface area (TPSA) is 79.2 Å². The van der Waals surface area contributed by atoms with Crippen LogP contribution < -0.4 is 9.47 Å². The molecule has 23 heavy (non-hydrogen) atoms. The van der Waals surface area contributed by atoms with Crippen LogP contribution in [0.2, 0.25) is 0 Å². The predicted octanol–water partition coefficient (Wildman–Crippen LogP) is 2.93. The molecule has 2 aromatic rings. The summed E-state index contributed by atoms with van der Waals surface area (Å²) in [6.45, 7) is 3.65. The molecule has 5 heteroatoms. The zero-order valence-corrected chi connectivity index (χ0v) is 13.1. The Labute approximate surface area is 135 Å². The van der Waals surface area contributed by atoms with Gasteiger partial charge in [-0.05, 0) is 24.3 Å². The Balaban J connectivity index is 2.61. The Morgan fingerprint density at radius 1 is 0.957 bits per heavy atom. The summed E-state index contributed by atoms with van der Waals surface area (Å²) in [5.41, 5.74) is -1.13. The fourth-order valence-electron chi connectivity index (χ4n) is 2.55. The van der Waals surface area contributed by atoms with Crippen molar-refractivity contribution in [1.82, 2.24) is 0 Å². The molecule has 0 bridgehead atoms. The van der Waals surface area contributed by atoms with Crippen molar-refractivity contribution in [2.24, 2.45) is 0 Å². The number of methoxy groups -OCH3 is 2. The van der Waals surface area contributed by atoms with E-state index in [0.29, 0.717) is 11.5 Å². The number of hydrogen-bond donors (Lipinski definition) is 3. The van der Waals surface area contributed by atoms with Crippen LogP contribution in [0.15, 0.2) is 49.1 Å². The van der Waals surface area contributed by atoms with Crippen LogP contribution in [0, 0.1) is 0 Å². The zero-order valence-electron chi connectivity index (χ0n) is 13.1. The first-order chi connectivity index (χ1) is 11.0. The number of aliphatic hydroxyl groups is 1. The maximum Gasteiger partial charge on any atom is 0.125 e. The van der Waals surface area contributed by atoms with E-state index in [1.165, 1.54) is 32.4 Å². The van der Waals surface area contributed by atoms with Crippen LogP contribution in [-0.4, -0.2) is 29.5 Å². The SMILES string of the molecule is C=CCC(O)(c1ccc(OC)cc1O)c1ccc(OC)cc1O. The summed E-state index contributed by atoms with van der Waals surface area (Å²) in [4.78, 5) is 0. The van der Waals surface area contributed by atoms with Gasteiger partial charge in [0.2, 0.25) is 0 Å². The van der Waals surface area contributed by atoms with Crippen LogP contribution in [0.3, 0.4) is 0 Å². The van der Waals surface area contributed by atoms with E-state index in [-0.39, 0.29) is 29.0 Å². The molecule has 0 saturated heterocycles. The maximum absolute atomic E-state index is 11.2. The van der Waals surface area contributed by atoms with Gasteiger partial charge in [0.25, 0.3) is 0 Å². The Morgan fingerprint density at radius 3 is 1.70 bits per heavy atom. The molecule has 122 valence electrons. The monoisotopic (exact) mass is 316 g/mol. The fraction of sp³-hybridized carbons (Fsp3) is 0.222. The Bertz CT molecular complexity index is 655. The number of phenolic OH excluding ortho intramolecular Hbond substituents is 2. The smallest absolute Gasteiger partial charge is 0.125 e. The summed E-state index contributed by atoms with van der Waals surface area (Å²) in [6, 6.07) is 9.18. The third-order valence-corrected chi connectivity index (χ3v) is 3.74. The van der Waals surface area contributed by atoms with Crippen LogP contribution >= 0.6 is 0 Å². The third-order valence-electron chi connectivity index (χ3n) is 3.74. The normalized spacial score (nSPS) is 11.1. The summed E-state index contributed by atoms with van der Waals surface area (Å²) < 4.78 is 10.1. The van der Waals surface area contributed by atoms with Gasteiger partial charge in [-0.15, -0.1) is 6.58 Å². The number of benzene rings is 2. The Morgan fingerprint density at radius 2 is 1.39 bits per heavy atom. The van der Waals surface area contributed by atoms with E-state index in [4.69, 9.17) is 9.47 Å². The second kappa shape index (κ2) is 6.62. The van der Waals surface area contributed by atoms with Gasteiger partial charge in [-0.3, -0.25) is 0 Å². The molecule has 2 rings (SSSR count). The molecule has 0 aliphatic heterocycles. The van der Waals surface area contributed by atoms with E-state index in [9.17, 15) is 15.3 Å². The molecule has 0 saturated carbocycles. The summed E-state index contributed by atoms with van der Waals surface area (Å²) in [5, 5.41) is 31.7. The van der Waals surface area contributed by atoms with Crippen LogP contribution in [0.25, 0.3) is 0 Å². The molecule has 3 N–H and O–H groups in total. The lowest BCUT2D eigenvalue weighted by Crippen LogP contribution is -2.27. The van der Waals surface area contributed by atoms with Crippen LogP contribution in [0.1, 0.15) is 17.5 Å². The van der Waals surface area contributed by atoms with Gasteiger partial charge in [0.05, 0.1) is 14.2 Å². The van der Waals surface area contributed by atoms with Gasteiger partial charge in [-0.1, -0.05) is 6.08 Å². The fourth-order valence-corrected chi connectivity index (χ4v) is 2.55. The van der Waals surface area contributed by atoms with Gasteiger partial charge in [0.1, 0.15) is 28.6 Å². The van der Waals surface area contributed by atoms with Crippen LogP contribution in [0.4, 0.5) is 0 Å². The van der Waals surface area contributed by atoms with Crippen molar-refractivity contribution in [2.45, 2.75) is 12.0 Å². The van der Waals surface area contributed by atoms with Crippen molar-refractivity contribution in [1.29, 1.82) is 0 Å². The molecule has 0 fully saturated rings. The Kier molecular flexibility index (Phi) is 4.81. The predicted molar refractivity (Wildman–Crippen MR) is 87.1 cm³/mol. The molecule has 0 radical (unpaired) electrons. The quantitative estimate of drug-likeness (QED) is 0.714. The molecule has 0 spiro atoms. The standard InChI is InChI=1S/C18H20O5/c1-4-9-18(21,14-7-5-12(22-2)10-16(14)19)15-8-6-13(23-3)11-17(15)20/h4-8,10-11,19-21H,1,9H2,2-3H3. The van der Waals surface area contributed by atoms with Crippen molar-refractivity contribution in [2.75, 3.05) is 14.2 Å². The number of rotatable bonds is 6. The number of ether oxygens (including phenoxy) is 2. The molecule has 0 unspecified atom stereocenters. The molecular formula is C18H20O5. The molecular weight excluding hydrogens is 296 g/mol. The highest BCUT2D eigenvalue weighted by atomic mass is 16.5. The van der Waals surface area contributed by atoms with Crippen molar-refractivity contribution < 1.29 is 24.8 Å². The molecule has 2 aromatic carbocycles. The molecule has 0 atom stereocenters. The molecule has 0 aliphatic rings. The molecule has 5 nitrogen and oxygen atoms in total. The van der Waals surface area contributed by atoms with E-state index in [0.717, 1.165) is 0 Å². The average molecular weight is 316 g/mol. The zero-order chi connectivity index (χ0) is 17.0. The van der Waals surface area contributed by atoms with Gasteiger partial charge in [0.15, 0.2) is 0 Å². The van der Waals surface area contributed by atoms with Gasteiger partial charge < -0.3 is 24.8 Å². The number of hydrogen-bond acceptors (Lipinski definition) is 5. The second-order valence-corrected chi connectivity index (χ2v) is 5.12. The highest BCUT2D eigenvalue weighted by Gasteiger charge is 2.35. The lowest BCUT2D eigenvalue weighted by molar-refractivity contribution is 0.0785. The minimum absolute atomic E-state index is 0.104. The van der Waals surface area contributed by atoms with Gasteiger partial charge in [-0.2, -0.15) is 0 Å². The van der Waals surface area contributed by atoms with Crippen molar-refractivity contribution in [3.8, 4) is 23.0 Å². The highest BCUT2D eigenvalue weighted by Crippen LogP contribution is 2.43. The third kappa shape index (κ3) is 3.10. The first-order valence-electron chi connectivity index (χ1n) is 7.04. The molecule has 0 aromatic heterocycles. The summed E-state index contributed by atoms with van der Waals surface area (Å²) in [5.74, 6) is 0.658. The average Bonchev–Trinajstić information content (AvgIpc) is 2.54.